The van der Waals surface area contributed by atoms with Gasteiger partial charge < -0.3 is 10.2 Å². The van der Waals surface area contributed by atoms with E-state index >= 15 is 0 Å². The van der Waals surface area contributed by atoms with E-state index in [1.54, 1.807) is 37.3 Å². The van der Waals surface area contributed by atoms with Gasteiger partial charge in [0.15, 0.2) is 0 Å². The van der Waals surface area contributed by atoms with Crippen LogP contribution in [0.15, 0.2) is 42.5 Å². The van der Waals surface area contributed by atoms with Crippen LogP contribution in [0.2, 0.25) is 10.0 Å². The number of halogens is 2. The number of nitrogens with zero attached hydrogens (tertiary/aromatic N) is 2. The second kappa shape index (κ2) is 13.1. The van der Waals surface area contributed by atoms with Crippen LogP contribution in [0.3, 0.4) is 0 Å². The maximum atomic E-state index is 13.7. The average molecular weight is 543 g/mol. The lowest BCUT2D eigenvalue weighted by atomic mass is 10.1. The third-order valence-electron chi connectivity index (χ3n) is 5.65. The van der Waals surface area contributed by atoms with Crippen molar-refractivity contribution in [3.8, 4) is 0 Å². The number of hydrogen-bond acceptors (Lipinski definition) is 4. The summed E-state index contributed by atoms with van der Waals surface area (Å²) in [5, 5.41) is 3.55. The highest BCUT2D eigenvalue weighted by atomic mass is 35.5. The SMILES string of the molecule is CCCNC(=O)C(CC)N(Cc1c(Cl)cccc1Cl)C(=O)CN(c1ccccc1CC)S(C)(=O)=O. The number of sulfonamides is 1. The first-order chi connectivity index (χ1) is 16.5. The van der Waals surface area contributed by atoms with Crippen LogP contribution >= 0.6 is 23.2 Å². The molecule has 0 aliphatic rings. The van der Waals surface area contributed by atoms with Gasteiger partial charge in [0, 0.05) is 28.7 Å². The molecule has 192 valence electrons. The zero-order valence-corrected chi connectivity index (χ0v) is 22.9. The molecule has 0 radical (unpaired) electrons. The first kappa shape index (κ1) is 28.9. The number of rotatable bonds is 12. The summed E-state index contributed by atoms with van der Waals surface area (Å²) in [5.41, 5.74) is 1.72. The number of hydrogen-bond donors (Lipinski definition) is 1. The number of anilines is 1. The van der Waals surface area contributed by atoms with Crippen LogP contribution in [0.5, 0.6) is 0 Å². The summed E-state index contributed by atoms with van der Waals surface area (Å²) in [6, 6.07) is 11.2. The van der Waals surface area contributed by atoms with Crippen LogP contribution < -0.4 is 9.62 Å². The fourth-order valence-electron chi connectivity index (χ4n) is 3.79. The van der Waals surface area contributed by atoms with Gasteiger partial charge in [-0.3, -0.25) is 13.9 Å². The van der Waals surface area contributed by atoms with E-state index in [-0.39, 0.29) is 12.5 Å². The zero-order valence-electron chi connectivity index (χ0n) is 20.6. The molecule has 0 saturated heterocycles. The van der Waals surface area contributed by atoms with Crippen LogP contribution in [0.4, 0.5) is 5.69 Å². The third kappa shape index (κ3) is 7.59. The minimum Gasteiger partial charge on any atom is -0.354 e. The minimum atomic E-state index is -3.80. The first-order valence-corrected chi connectivity index (χ1v) is 14.2. The summed E-state index contributed by atoms with van der Waals surface area (Å²) in [7, 11) is -3.80. The van der Waals surface area contributed by atoms with Crippen molar-refractivity contribution < 1.29 is 18.0 Å². The van der Waals surface area contributed by atoms with E-state index < -0.39 is 28.5 Å². The van der Waals surface area contributed by atoms with Gasteiger partial charge in [0.2, 0.25) is 21.8 Å². The van der Waals surface area contributed by atoms with Gasteiger partial charge in [-0.25, -0.2) is 8.42 Å². The molecule has 0 fully saturated rings. The van der Waals surface area contributed by atoms with Gasteiger partial charge in [0.1, 0.15) is 12.6 Å². The van der Waals surface area contributed by atoms with E-state index in [1.165, 1.54) is 4.90 Å². The van der Waals surface area contributed by atoms with Crippen molar-refractivity contribution in [1.29, 1.82) is 0 Å². The van der Waals surface area contributed by atoms with Gasteiger partial charge in [-0.15, -0.1) is 0 Å². The van der Waals surface area contributed by atoms with Crippen molar-refractivity contribution in [3.05, 3.63) is 63.6 Å². The molecule has 0 aliphatic heterocycles. The minimum absolute atomic E-state index is 0.0393. The number of amides is 2. The van der Waals surface area contributed by atoms with Gasteiger partial charge in [-0.05, 0) is 43.0 Å². The lowest BCUT2D eigenvalue weighted by Crippen LogP contribution is -2.52. The van der Waals surface area contributed by atoms with E-state index in [2.05, 4.69) is 5.32 Å². The zero-order chi connectivity index (χ0) is 26.2. The molecular formula is C25H33Cl2N3O4S. The Bertz CT molecular complexity index is 1120. The standard InChI is InChI=1S/C25H33Cl2N3O4S/c1-5-15-28-25(32)22(7-3)29(16-19-20(26)12-10-13-21(19)27)24(31)17-30(35(4,33)34)23-14-9-8-11-18(23)6-2/h8-14,22H,5-7,15-17H2,1-4H3,(H,28,32). The largest absolute Gasteiger partial charge is 0.354 e. The van der Waals surface area contributed by atoms with Gasteiger partial charge in [0.25, 0.3) is 0 Å². The third-order valence-corrected chi connectivity index (χ3v) is 7.48. The Hall–Kier alpha value is -2.29. The van der Waals surface area contributed by atoms with E-state index in [1.807, 2.05) is 26.0 Å². The lowest BCUT2D eigenvalue weighted by molar-refractivity contribution is -0.140. The van der Waals surface area contributed by atoms with Crippen molar-refractivity contribution in [3.63, 3.8) is 0 Å². The number of benzene rings is 2. The van der Waals surface area contributed by atoms with Crippen LogP contribution in [-0.4, -0.2) is 50.5 Å². The molecule has 0 spiro atoms. The van der Waals surface area contributed by atoms with Gasteiger partial charge in [0.05, 0.1) is 11.9 Å². The molecule has 10 heteroatoms. The number of nitrogens with one attached hydrogen (secondary N) is 1. The Morgan fingerprint density at radius 2 is 1.63 bits per heavy atom. The van der Waals surface area contributed by atoms with Crippen molar-refractivity contribution in [2.24, 2.45) is 0 Å². The quantitative estimate of drug-likeness (QED) is 0.423. The Labute approximate surface area is 218 Å². The van der Waals surface area contributed by atoms with Gasteiger partial charge >= 0.3 is 0 Å². The van der Waals surface area contributed by atoms with E-state index in [9.17, 15) is 18.0 Å². The molecule has 1 N–H and O–H groups in total. The lowest BCUT2D eigenvalue weighted by Gasteiger charge is -2.33. The smallest absolute Gasteiger partial charge is 0.244 e. The summed E-state index contributed by atoms with van der Waals surface area (Å²) >= 11 is 12.7. The molecule has 0 aromatic heterocycles. The number of carbonyl (C=O) groups is 2. The van der Waals surface area contributed by atoms with E-state index in [4.69, 9.17) is 23.2 Å². The molecule has 0 aliphatic carbocycles. The topological polar surface area (TPSA) is 86.8 Å². The second-order valence-electron chi connectivity index (χ2n) is 8.19. The molecule has 0 heterocycles. The molecular weight excluding hydrogens is 509 g/mol. The molecule has 35 heavy (non-hydrogen) atoms. The molecule has 2 aromatic carbocycles. The highest BCUT2D eigenvalue weighted by Gasteiger charge is 2.32. The maximum Gasteiger partial charge on any atom is 0.244 e. The predicted molar refractivity (Wildman–Crippen MR) is 142 cm³/mol. The van der Waals surface area contributed by atoms with Crippen molar-refractivity contribution in [1.82, 2.24) is 10.2 Å². The monoisotopic (exact) mass is 541 g/mol. The van der Waals surface area contributed by atoms with Gasteiger partial charge in [-0.2, -0.15) is 0 Å². The maximum absolute atomic E-state index is 13.7. The van der Waals surface area contributed by atoms with Crippen LogP contribution in [-0.2, 0) is 32.6 Å². The highest BCUT2D eigenvalue weighted by molar-refractivity contribution is 7.92. The molecule has 2 aromatic rings. The van der Waals surface area contributed by atoms with Crippen molar-refractivity contribution in [2.75, 3.05) is 23.7 Å². The van der Waals surface area contributed by atoms with Crippen LogP contribution in [0, 0.1) is 0 Å². The summed E-state index contributed by atoms with van der Waals surface area (Å²) < 4.78 is 26.6. The van der Waals surface area contributed by atoms with E-state index in [0.29, 0.717) is 40.7 Å². The normalized spacial score (nSPS) is 12.2. The highest BCUT2D eigenvalue weighted by Crippen LogP contribution is 2.28. The predicted octanol–water partition coefficient (Wildman–Crippen LogP) is 4.66. The fourth-order valence-corrected chi connectivity index (χ4v) is 5.18. The Morgan fingerprint density at radius 1 is 1.00 bits per heavy atom. The van der Waals surface area contributed by atoms with Crippen LogP contribution in [0.25, 0.3) is 0 Å². The second-order valence-corrected chi connectivity index (χ2v) is 10.9. The molecule has 0 saturated carbocycles. The molecule has 2 amide bonds. The molecule has 7 nitrogen and oxygen atoms in total. The van der Waals surface area contributed by atoms with Crippen molar-refractivity contribution >= 4 is 50.7 Å². The molecule has 2 rings (SSSR count). The van der Waals surface area contributed by atoms with Crippen molar-refractivity contribution in [2.45, 2.75) is 52.6 Å². The summed E-state index contributed by atoms with van der Waals surface area (Å²) in [6.07, 6.45) is 2.72. The molecule has 1 unspecified atom stereocenters. The Balaban J connectivity index is 2.52. The molecule has 0 bridgehead atoms. The fraction of sp³-hybridized carbons (Fsp3) is 0.440. The number of carbonyl (C=O) groups excluding carboxylic acids is 2. The number of para-hydroxylation sites is 1. The summed E-state index contributed by atoms with van der Waals surface area (Å²) in [4.78, 5) is 28.1. The molecule has 1 atom stereocenters. The van der Waals surface area contributed by atoms with Crippen LogP contribution in [0.1, 0.15) is 44.7 Å². The Morgan fingerprint density at radius 3 is 2.17 bits per heavy atom. The van der Waals surface area contributed by atoms with Gasteiger partial charge in [-0.1, -0.05) is 68.2 Å². The summed E-state index contributed by atoms with van der Waals surface area (Å²) in [6.45, 7) is 5.60. The number of aryl methyl sites for hydroxylation is 1. The summed E-state index contributed by atoms with van der Waals surface area (Å²) in [5.74, 6) is -0.846. The first-order valence-electron chi connectivity index (χ1n) is 11.6. The average Bonchev–Trinajstić information content (AvgIpc) is 2.81. The Kier molecular flexibility index (Phi) is 10.9. The van der Waals surface area contributed by atoms with E-state index in [0.717, 1.165) is 22.5 Å².